The molecule has 1 aromatic carbocycles. The van der Waals surface area contributed by atoms with Crippen LogP contribution in [0.2, 0.25) is 0 Å². The minimum Gasteiger partial charge on any atom is -0.481 e. The molecular weight excluding hydrogens is 278 g/mol. The molecule has 3 rings (SSSR count). The zero-order valence-corrected chi connectivity index (χ0v) is 13.0. The van der Waals surface area contributed by atoms with Gasteiger partial charge in [-0.05, 0) is 37.2 Å². The van der Waals surface area contributed by atoms with Gasteiger partial charge in [0.1, 0.15) is 5.41 Å². The van der Waals surface area contributed by atoms with Gasteiger partial charge in [0, 0.05) is 12.5 Å². The van der Waals surface area contributed by atoms with Crippen molar-refractivity contribution < 1.29 is 14.7 Å². The highest BCUT2D eigenvalue weighted by molar-refractivity contribution is 5.85. The topological polar surface area (TPSA) is 66.4 Å². The van der Waals surface area contributed by atoms with Crippen molar-refractivity contribution in [1.82, 2.24) is 5.32 Å². The first-order valence-electron chi connectivity index (χ1n) is 8.05. The van der Waals surface area contributed by atoms with E-state index in [1.807, 2.05) is 18.2 Å². The Morgan fingerprint density at radius 2 is 1.91 bits per heavy atom. The third-order valence-electron chi connectivity index (χ3n) is 5.60. The largest absolute Gasteiger partial charge is 0.481 e. The van der Waals surface area contributed by atoms with Gasteiger partial charge in [0.25, 0.3) is 0 Å². The SMILES string of the molecule is CC(CNC(=O)C1CC12CCCC2)(C(=O)O)c1ccccc1. The maximum atomic E-state index is 12.4. The lowest BCUT2D eigenvalue weighted by Crippen LogP contribution is -2.45. The zero-order valence-electron chi connectivity index (χ0n) is 13.0. The Kier molecular flexibility index (Phi) is 3.71. The third kappa shape index (κ3) is 2.51. The highest BCUT2D eigenvalue weighted by Gasteiger charge is 2.58. The highest BCUT2D eigenvalue weighted by Crippen LogP contribution is 2.62. The number of hydrogen-bond acceptors (Lipinski definition) is 2. The second kappa shape index (κ2) is 5.41. The van der Waals surface area contributed by atoms with E-state index in [9.17, 15) is 14.7 Å². The molecule has 2 fully saturated rings. The lowest BCUT2D eigenvalue weighted by molar-refractivity contribution is -0.143. The van der Waals surface area contributed by atoms with E-state index >= 15 is 0 Å². The van der Waals surface area contributed by atoms with Crippen molar-refractivity contribution in [1.29, 1.82) is 0 Å². The van der Waals surface area contributed by atoms with Crippen molar-refractivity contribution in [3.05, 3.63) is 35.9 Å². The summed E-state index contributed by atoms with van der Waals surface area (Å²) in [6, 6.07) is 9.11. The normalized spacial score (nSPS) is 24.7. The van der Waals surface area contributed by atoms with E-state index in [-0.39, 0.29) is 23.8 Å². The summed E-state index contributed by atoms with van der Waals surface area (Å²) in [5.74, 6) is -0.778. The zero-order chi connectivity index (χ0) is 15.8. The maximum Gasteiger partial charge on any atom is 0.315 e. The Labute approximate surface area is 130 Å². The first-order valence-corrected chi connectivity index (χ1v) is 8.05. The molecule has 0 aromatic heterocycles. The first-order chi connectivity index (χ1) is 10.5. The fourth-order valence-corrected chi connectivity index (χ4v) is 3.84. The van der Waals surface area contributed by atoms with Gasteiger partial charge in [-0.1, -0.05) is 43.2 Å². The number of aliphatic carboxylic acids is 1. The van der Waals surface area contributed by atoms with Crippen LogP contribution in [0.5, 0.6) is 0 Å². The molecule has 22 heavy (non-hydrogen) atoms. The van der Waals surface area contributed by atoms with Gasteiger partial charge < -0.3 is 10.4 Å². The van der Waals surface area contributed by atoms with Crippen molar-refractivity contribution in [2.75, 3.05) is 6.54 Å². The molecular formula is C18H23NO3. The smallest absolute Gasteiger partial charge is 0.315 e. The van der Waals surface area contributed by atoms with Gasteiger partial charge in [-0.15, -0.1) is 0 Å². The molecule has 0 radical (unpaired) electrons. The number of amides is 1. The summed E-state index contributed by atoms with van der Waals surface area (Å²) in [7, 11) is 0. The van der Waals surface area contributed by atoms with Crippen LogP contribution in [0, 0.1) is 11.3 Å². The predicted molar refractivity (Wildman–Crippen MR) is 83.4 cm³/mol. The number of carboxylic acid groups (broad SMARTS) is 1. The summed E-state index contributed by atoms with van der Waals surface area (Å²) < 4.78 is 0. The van der Waals surface area contributed by atoms with Crippen LogP contribution < -0.4 is 5.32 Å². The van der Waals surface area contributed by atoms with E-state index in [2.05, 4.69) is 5.32 Å². The lowest BCUT2D eigenvalue weighted by Gasteiger charge is -2.26. The van der Waals surface area contributed by atoms with Crippen molar-refractivity contribution in [2.24, 2.45) is 11.3 Å². The first kappa shape index (κ1) is 15.1. The molecule has 0 bridgehead atoms. The van der Waals surface area contributed by atoms with Gasteiger partial charge in [-0.25, -0.2) is 0 Å². The average Bonchev–Trinajstić information content (AvgIpc) is 3.02. The molecule has 2 saturated carbocycles. The van der Waals surface area contributed by atoms with Crippen LogP contribution >= 0.6 is 0 Å². The second-order valence-corrected chi connectivity index (χ2v) is 7.05. The summed E-state index contributed by atoms with van der Waals surface area (Å²) in [5.41, 5.74) is -0.125. The molecule has 1 aromatic rings. The van der Waals surface area contributed by atoms with Crippen LogP contribution in [0.25, 0.3) is 0 Å². The van der Waals surface area contributed by atoms with Crippen LogP contribution in [0.1, 0.15) is 44.6 Å². The van der Waals surface area contributed by atoms with Gasteiger partial charge in [-0.3, -0.25) is 9.59 Å². The van der Waals surface area contributed by atoms with E-state index in [0.717, 1.165) is 19.3 Å². The molecule has 4 heteroatoms. The van der Waals surface area contributed by atoms with Crippen molar-refractivity contribution in [3.8, 4) is 0 Å². The maximum absolute atomic E-state index is 12.4. The van der Waals surface area contributed by atoms with Gasteiger partial charge >= 0.3 is 5.97 Å². The Bertz CT molecular complexity index is 577. The molecule has 4 nitrogen and oxygen atoms in total. The number of carbonyl (C=O) groups is 2. The van der Waals surface area contributed by atoms with E-state index in [1.165, 1.54) is 12.8 Å². The van der Waals surface area contributed by atoms with Gasteiger partial charge in [0.05, 0.1) is 0 Å². The number of hydrogen-bond donors (Lipinski definition) is 2. The Balaban J connectivity index is 1.66. The van der Waals surface area contributed by atoms with E-state index < -0.39 is 11.4 Å². The van der Waals surface area contributed by atoms with E-state index in [0.29, 0.717) is 5.56 Å². The number of benzene rings is 1. The van der Waals surface area contributed by atoms with Crippen LogP contribution in [-0.2, 0) is 15.0 Å². The molecule has 2 aliphatic rings. The number of rotatable bonds is 5. The van der Waals surface area contributed by atoms with Gasteiger partial charge in [-0.2, -0.15) is 0 Å². The molecule has 1 amide bonds. The Morgan fingerprint density at radius 3 is 2.50 bits per heavy atom. The van der Waals surface area contributed by atoms with Gasteiger partial charge in [0.15, 0.2) is 0 Å². The predicted octanol–water partition coefficient (Wildman–Crippen LogP) is 2.73. The molecule has 0 heterocycles. The third-order valence-corrected chi connectivity index (χ3v) is 5.60. The van der Waals surface area contributed by atoms with E-state index in [1.54, 1.807) is 19.1 Å². The summed E-state index contributed by atoms with van der Waals surface area (Å²) in [6.45, 7) is 1.81. The Hall–Kier alpha value is -1.84. The average molecular weight is 301 g/mol. The van der Waals surface area contributed by atoms with Crippen molar-refractivity contribution >= 4 is 11.9 Å². The monoisotopic (exact) mass is 301 g/mol. The number of nitrogens with one attached hydrogen (secondary N) is 1. The summed E-state index contributed by atoms with van der Waals surface area (Å²) >= 11 is 0. The molecule has 2 aliphatic carbocycles. The highest BCUT2D eigenvalue weighted by atomic mass is 16.4. The fraction of sp³-hybridized carbons (Fsp3) is 0.556. The lowest BCUT2D eigenvalue weighted by atomic mass is 9.82. The molecule has 0 aliphatic heterocycles. The minimum absolute atomic E-state index is 0.0327. The summed E-state index contributed by atoms with van der Waals surface area (Å²) in [5, 5.41) is 12.5. The molecule has 2 N–H and O–H groups in total. The molecule has 2 atom stereocenters. The van der Waals surface area contributed by atoms with Crippen molar-refractivity contribution in [2.45, 2.75) is 44.4 Å². The quantitative estimate of drug-likeness (QED) is 0.879. The van der Waals surface area contributed by atoms with Crippen LogP contribution in [0.3, 0.4) is 0 Å². The second-order valence-electron chi connectivity index (χ2n) is 7.05. The molecule has 1 spiro atoms. The number of carbonyl (C=O) groups excluding carboxylic acids is 1. The fourth-order valence-electron chi connectivity index (χ4n) is 3.84. The summed E-state index contributed by atoms with van der Waals surface area (Å²) in [4.78, 5) is 24.1. The van der Waals surface area contributed by atoms with Crippen LogP contribution in [0.4, 0.5) is 0 Å². The van der Waals surface area contributed by atoms with E-state index in [4.69, 9.17) is 0 Å². The molecule has 0 saturated heterocycles. The standard InChI is InChI=1S/C18H23NO3/c1-17(16(21)22,13-7-3-2-4-8-13)12-19-15(20)14-11-18(14)9-5-6-10-18/h2-4,7-8,14H,5-6,9-12H2,1H3,(H,19,20)(H,21,22). The molecule has 118 valence electrons. The van der Waals surface area contributed by atoms with Crippen LogP contribution in [0.15, 0.2) is 30.3 Å². The number of carboxylic acids is 1. The molecule has 2 unspecified atom stereocenters. The van der Waals surface area contributed by atoms with Crippen molar-refractivity contribution in [3.63, 3.8) is 0 Å². The van der Waals surface area contributed by atoms with Gasteiger partial charge in [0.2, 0.25) is 5.91 Å². The van der Waals surface area contributed by atoms with Crippen LogP contribution in [-0.4, -0.2) is 23.5 Å². The Morgan fingerprint density at radius 1 is 1.27 bits per heavy atom. The minimum atomic E-state index is -1.09. The summed E-state index contributed by atoms with van der Waals surface area (Å²) in [6.07, 6.45) is 5.73.